The molecule has 120 valence electrons. The van der Waals surface area contributed by atoms with Gasteiger partial charge in [-0.15, -0.1) is 11.3 Å². The Morgan fingerprint density at radius 3 is 2.67 bits per heavy atom. The maximum absolute atomic E-state index is 12.5. The Bertz CT molecular complexity index is 1130. The molecule has 0 N–H and O–H groups in total. The number of rotatable bonds is 1. The third-order valence-electron chi connectivity index (χ3n) is 4.16. The lowest BCUT2D eigenvalue weighted by atomic mass is 10.1. The van der Waals surface area contributed by atoms with Crippen LogP contribution >= 0.6 is 22.7 Å². The van der Waals surface area contributed by atoms with Crippen LogP contribution in [0.3, 0.4) is 0 Å². The maximum Gasteiger partial charge on any atom is 0.308 e. The van der Waals surface area contributed by atoms with E-state index in [1.807, 2.05) is 35.9 Å². The Labute approximate surface area is 146 Å². The molecule has 0 unspecified atom stereocenters. The second-order valence-corrected chi connectivity index (χ2v) is 7.74. The van der Waals surface area contributed by atoms with Crippen LogP contribution < -0.4 is 4.80 Å². The van der Waals surface area contributed by atoms with Gasteiger partial charge >= 0.3 is 5.91 Å². The lowest BCUT2D eigenvalue weighted by Gasteiger charge is -2.03. The number of benzene rings is 2. The average molecular weight is 353 g/mol. The molecule has 2 heterocycles. The van der Waals surface area contributed by atoms with Crippen LogP contribution in [0.4, 0.5) is 0 Å². The Morgan fingerprint density at radius 2 is 1.88 bits per heavy atom. The fraction of sp³-hybridized carbons (Fsp3) is 0.167. The molecule has 6 heteroatoms. The van der Waals surface area contributed by atoms with Crippen LogP contribution in [0.1, 0.15) is 20.9 Å². The largest absolute Gasteiger partial charge is 0.319 e. The molecule has 1 amide bonds. The average Bonchev–Trinajstić information content (AvgIpc) is 3.13. The van der Waals surface area contributed by atoms with Crippen LogP contribution in [0.25, 0.3) is 20.4 Å². The first kappa shape index (κ1) is 15.2. The highest BCUT2D eigenvalue weighted by Crippen LogP contribution is 2.24. The van der Waals surface area contributed by atoms with Crippen LogP contribution in [-0.2, 0) is 7.05 Å². The van der Waals surface area contributed by atoms with Crippen LogP contribution in [-0.4, -0.2) is 15.5 Å². The predicted molar refractivity (Wildman–Crippen MR) is 99.8 cm³/mol. The van der Waals surface area contributed by atoms with Gasteiger partial charge in [0.05, 0.1) is 20.4 Å². The van der Waals surface area contributed by atoms with E-state index in [0.29, 0.717) is 9.81 Å². The van der Waals surface area contributed by atoms with Gasteiger partial charge < -0.3 is 4.57 Å². The van der Waals surface area contributed by atoms with E-state index in [4.69, 9.17) is 0 Å². The Balaban J connectivity index is 1.85. The van der Waals surface area contributed by atoms with Crippen LogP contribution in [0.5, 0.6) is 0 Å². The minimum Gasteiger partial charge on any atom is -0.319 e. The summed E-state index contributed by atoms with van der Waals surface area (Å²) in [5.74, 6) is -0.285. The molecule has 0 atom stereocenters. The van der Waals surface area contributed by atoms with E-state index in [9.17, 15) is 4.79 Å². The molecule has 0 saturated heterocycles. The van der Waals surface area contributed by atoms with Gasteiger partial charge in [-0.2, -0.15) is 4.99 Å². The summed E-state index contributed by atoms with van der Waals surface area (Å²) in [6.07, 6.45) is 0. The number of aryl methyl sites for hydroxylation is 3. The van der Waals surface area contributed by atoms with Crippen molar-refractivity contribution in [2.75, 3.05) is 0 Å². The Kier molecular flexibility index (Phi) is 3.58. The van der Waals surface area contributed by atoms with Crippen LogP contribution in [0, 0.1) is 13.8 Å². The van der Waals surface area contributed by atoms with Gasteiger partial charge in [-0.3, -0.25) is 4.79 Å². The molecule has 0 aliphatic rings. The van der Waals surface area contributed by atoms with Gasteiger partial charge in [0, 0.05) is 7.05 Å². The highest BCUT2D eigenvalue weighted by molar-refractivity contribution is 7.20. The van der Waals surface area contributed by atoms with Gasteiger partial charge in [-0.05, 0) is 43.2 Å². The highest BCUT2D eigenvalue weighted by Gasteiger charge is 2.13. The summed E-state index contributed by atoms with van der Waals surface area (Å²) >= 11 is 2.91. The second kappa shape index (κ2) is 5.65. The molecule has 2 aromatic carbocycles. The normalized spacial score (nSPS) is 12.4. The van der Waals surface area contributed by atoms with Crippen molar-refractivity contribution in [3.05, 3.63) is 57.3 Å². The van der Waals surface area contributed by atoms with Crippen molar-refractivity contribution in [2.45, 2.75) is 13.8 Å². The Hall–Kier alpha value is -2.31. The number of carbonyl (C=O) groups excluding carboxylic acids is 1. The monoisotopic (exact) mass is 353 g/mol. The first-order chi connectivity index (χ1) is 11.5. The van der Waals surface area contributed by atoms with Crippen molar-refractivity contribution in [3.63, 3.8) is 0 Å². The van der Waals surface area contributed by atoms with Crippen LogP contribution in [0.2, 0.25) is 0 Å². The van der Waals surface area contributed by atoms with Gasteiger partial charge in [0.15, 0.2) is 9.81 Å². The van der Waals surface area contributed by atoms with Gasteiger partial charge in [-0.1, -0.05) is 29.5 Å². The van der Waals surface area contributed by atoms with E-state index >= 15 is 0 Å². The summed E-state index contributed by atoms with van der Waals surface area (Å²) in [6, 6.07) is 11.9. The number of amides is 1. The summed E-state index contributed by atoms with van der Waals surface area (Å²) in [7, 11) is 1.95. The number of thiazole rings is 2. The van der Waals surface area contributed by atoms with E-state index in [2.05, 4.69) is 36.0 Å². The van der Waals surface area contributed by atoms with E-state index in [1.54, 1.807) is 0 Å². The third kappa shape index (κ3) is 2.39. The molecular weight excluding hydrogens is 338 g/mol. The van der Waals surface area contributed by atoms with Crippen molar-refractivity contribution in [3.8, 4) is 0 Å². The zero-order valence-electron chi connectivity index (χ0n) is 13.5. The minimum atomic E-state index is -0.285. The molecule has 0 aliphatic carbocycles. The van der Waals surface area contributed by atoms with Crippen LogP contribution in [0.15, 0.2) is 41.4 Å². The lowest BCUT2D eigenvalue weighted by Crippen LogP contribution is -2.13. The summed E-state index contributed by atoms with van der Waals surface area (Å²) in [5.41, 5.74) is 4.43. The number of para-hydroxylation sites is 1. The fourth-order valence-electron chi connectivity index (χ4n) is 2.73. The summed E-state index contributed by atoms with van der Waals surface area (Å²) in [6.45, 7) is 4.19. The van der Waals surface area contributed by atoms with E-state index < -0.39 is 0 Å². The highest BCUT2D eigenvalue weighted by atomic mass is 32.1. The Morgan fingerprint density at radius 1 is 1.08 bits per heavy atom. The van der Waals surface area contributed by atoms with E-state index in [1.165, 1.54) is 33.8 Å². The molecule has 4 nitrogen and oxygen atoms in total. The number of nitrogens with zero attached hydrogens (tertiary/aromatic N) is 3. The number of hydrogen-bond donors (Lipinski definition) is 0. The number of hydrogen-bond acceptors (Lipinski definition) is 4. The van der Waals surface area contributed by atoms with Crippen molar-refractivity contribution >= 4 is 49.0 Å². The SMILES string of the molecule is Cc1ccc2sc(=NC(=O)c3nc4ccccc4s3)n(C)c2c1C. The van der Waals surface area contributed by atoms with Gasteiger partial charge in [0.2, 0.25) is 0 Å². The van der Waals surface area contributed by atoms with Crippen molar-refractivity contribution in [1.29, 1.82) is 0 Å². The van der Waals surface area contributed by atoms with Crippen molar-refractivity contribution < 1.29 is 4.79 Å². The molecule has 0 fully saturated rings. The molecular formula is C18H15N3OS2. The fourth-order valence-corrected chi connectivity index (χ4v) is 4.66. The molecule has 0 spiro atoms. The summed E-state index contributed by atoms with van der Waals surface area (Å²) in [5, 5.41) is 0.432. The standard InChI is InChI=1S/C18H15N3OS2/c1-10-8-9-14-15(11(10)2)21(3)18(24-14)20-16(22)17-19-12-6-4-5-7-13(12)23-17/h4-9H,1-3H3. The first-order valence-corrected chi connectivity index (χ1v) is 9.18. The van der Waals surface area contributed by atoms with Crippen molar-refractivity contribution in [2.24, 2.45) is 12.0 Å². The molecule has 2 aromatic heterocycles. The zero-order valence-corrected chi connectivity index (χ0v) is 15.2. The number of fused-ring (bicyclic) bond motifs is 2. The minimum absolute atomic E-state index is 0.285. The molecule has 24 heavy (non-hydrogen) atoms. The molecule has 4 rings (SSSR count). The molecule has 0 saturated carbocycles. The maximum atomic E-state index is 12.5. The van der Waals surface area contributed by atoms with Gasteiger partial charge in [0.25, 0.3) is 0 Å². The topological polar surface area (TPSA) is 47.2 Å². The summed E-state index contributed by atoms with van der Waals surface area (Å²) < 4.78 is 4.13. The first-order valence-electron chi connectivity index (χ1n) is 7.55. The third-order valence-corrected chi connectivity index (χ3v) is 6.28. The number of carbonyl (C=O) groups is 1. The quantitative estimate of drug-likeness (QED) is 0.515. The molecule has 0 bridgehead atoms. The van der Waals surface area contributed by atoms with E-state index in [0.717, 1.165) is 20.4 Å². The molecule has 4 aromatic rings. The molecule has 0 radical (unpaired) electrons. The molecule has 0 aliphatic heterocycles. The van der Waals surface area contributed by atoms with Gasteiger partial charge in [-0.25, -0.2) is 4.98 Å². The van der Waals surface area contributed by atoms with E-state index in [-0.39, 0.29) is 5.91 Å². The number of aromatic nitrogens is 2. The zero-order chi connectivity index (χ0) is 16.8. The lowest BCUT2D eigenvalue weighted by molar-refractivity contribution is 0.0998. The summed E-state index contributed by atoms with van der Waals surface area (Å²) in [4.78, 5) is 22.0. The smallest absolute Gasteiger partial charge is 0.308 e. The van der Waals surface area contributed by atoms with Gasteiger partial charge in [0.1, 0.15) is 0 Å². The predicted octanol–water partition coefficient (Wildman–Crippen LogP) is 4.21. The van der Waals surface area contributed by atoms with Crippen molar-refractivity contribution in [1.82, 2.24) is 9.55 Å². The second-order valence-electron chi connectivity index (χ2n) is 5.70.